The lowest BCUT2D eigenvalue weighted by atomic mass is 10.1. The zero-order valence-electron chi connectivity index (χ0n) is 10.8. The van der Waals surface area contributed by atoms with Gasteiger partial charge in [-0.05, 0) is 17.7 Å². The predicted octanol–water partition coefficient (Wildman–Crippen LogP) is 0.548. The van der Waals surface area contributed by atoms with Gasteiger partial charge in [-0.2, -0.15) is 4.98 Å². The van der Waals surface area contributed by atoms with E-state index in [-0.39, 0.29) is 18.3 Å². The first-order valence-electron chi connectivity index (χ1n) is 6.32. The predicted molar refractivity (Wildman–Crippen MR) is 74.3 cm³/mol. The molecule has 8 nitrogen and oxygen atoms in total. The number of H-pyrrole nitrogens is 2. The number of fused-ring (bicyclic) bond motifs is 2. The minimum atomic E-state index is -0.332. The number of anilines is 1. The third kappa shape index (κ3) is 1.97. The molecule has 0 saturated heterocycles. The average molecular weight is 285 g/mol. The molecule has 0 fully saturated rings. The van der Waals surface area contributed by atoms with Crippen molar-refractivity contribution < 1.29 is 9.47 Å². The van der Waals surface area contributed by atoms with Crippen LogP contribution in [-0.4, -0.2) is 26.7 Å². The Morgan fingerprint density at radius 2 is 2.05 bits per heavy atom. The Balaban J connectivity index is 1.71. The molecule has 0 atom stereocenters. The summed E-state index contributed by atoms with van der Waals surface area (Å²) in [6, 6.07) is 5.66. The van der Waals surface area contributed by atoms with Crippen LogP contribution in [0.4, 0.5) is 5.95 Å². The largest absolute Gasteiger partial charge is 0.454 e. The number of hydrogen-bond acceptors (Lipinski definition) is 6. The highest BCUT2D eigenvalue weighted by Gasteiger charge is 2.14. The monoisotopic (exact) mass is 285 g/mol. The molecule has 3 aromatic rings. The van der Waals surface area contributed by atoms with Crippen molar-refractivity contribution in [3.05, 3.63) is 39.9 Å². The fourth-order valence-corrected chi connectivity index (χ4v) is 2.30. The number of ether oxygens (including phenoxy) is 2. The van der Waals surface area contributed by atoms with Crippen molar-refractivity contribution in [2.45, 2.75) is 6.42 Å². The van der Waals surface area contributed by atoms with Crippen LogP contribution in [0.3, 0.4) is 0 Å². The molecule has 0 spiro atoms. The zero-order valence-corrected chi connectivity index (χ0v) is 10.8. The Labute approximate surface area is 117 Å². The average Bonchev–Trinajstić information content (AvgIpc) is 3.04. The first-order chi connectivity index (χ1) is 10.2. The number of rotatable bonds is 2. The maximum absolute atomic E-state index is 11.7. The van der Waals surface area contributed by atoms with Crippen molar-refractivity contribution in [1.82, 2.24) is 19.9 Å². The van der Waals surface area contributed by atoms with Gasteiger partial charge in [0.15, 0.2) is 22.7 Å². The van der Waals surface area contributed by atoms with Gasteiger partial charge in [0.2, 0.25) is 12.7 Å². The first-order valence-corrected chi connectivity index (χ1v) is 6.32. The van der Waals surface area contributed by atoms with E-state index in [0.717, 1.165) is 11.3 Å². The Bertz CT molecular complexity index is 898. The summed E-state index contributed by atoms with van der Waals surface area (Å²) in [4.78, 5) is 25.4. The second kappa shape index (κ2) is 4.23. The van der Waals surface area contributed by atoms with Gasteiger partial charge in [-0.3, -0.25) is 9.78 Å². The lowest BCUT2D eigenvalue weighted by molar-refractivity contribution is 0.174. The molecule has 3 heterocycles. The van der Waals surface area contributed by atoms with Crippen molar-refractivity contribution >= 4 is 17.1 Å². The van der Waals surface area contributed by atoms with E-state index < -0.39 is 0 Å². The summed E-state index contributed by atoms with van der Waals surface area (Å²) >= 11 is 0. The molecule has 0 bridgehead atoms. The smallest absolute Gasteiger partial charge is 0.278 e. The van der Waals surface area contributed by atoms with Crippen LogP contribution < -0.4 is 20.8 Å². The molecule has 0 saturated carbocycles. The second-order valence-corrected chi connectivity index (χ2v) is 4.70. The van der Waals surface area contributed by atoms with Crippen LogP contribution in [0, 0.1) is 0 Å². The summed E-state index contributed by atoms with van der Waals surface area (Å²) in [6.07, 6.45) is 0.520. The highest BCUT2D eigenvalue weighted by Crippen LogP contribution is 2.32. The summed E-state index contributed by atoms with van der Waals surface area (Å²) in [7, 11) is 0. The van der Waals surface area contributed by atoms with Crippen LogP contribution in [0.2, 0.25) is 0 Å². The zero-order chi connectivity index (χ0) is 14.4. The topological polar surface area (TPSA) is 119 Å². The SMILES string of the molecule is Nc1nc2nc(Cc3ccc4c(c3)OCO4)[nH]c2c(=O)[nH]1. The number of aromatic nitrogens is 4. The standard InChI is InChI=1S/C13H11N5O3/c14-13-17-11-10(12(19)18-13)15-9(16-11)4-6-1-2-7-8(3-6)21-5-20-7/h1-3H,4-5H2,(H4,14,15,16,17,18,19). The van der Waals surface area contributed by atoms with Gasteiger partial charge in [0.25, 0.3) is 5.56 Å². The quantitative estimate of drug-likeness (QED) is 0.632. The van der Waals surface area contributed by atoms with E-state index in [1.165, 1.54) is 0 Å². The van der Waals surface area contributed by atoms with E-state index in [0.29, 0.717) is 29.2 Å². The van der Waals surface area contributed by atoms with Crippen LogP contribution in [0.1, 0.15) is 11.4 Å². The summed E-state index contributed by atoms with van der Waals surface area (Å²) in [5.41, 5.74) is 6.79. The minimum absolute atomic E-state index is 0.0497. The number of nitrogens with zero attached hydrogens (tertiary/aromatic N) is 2. The molecule has 4 rings (SSSR count). The number of nitrogens with one attached hydrogen (secondary N) is 2. The summed E-state index contributed by atoms with van der Waals surface area (Å²) in [5, 5.41) is 0. The highest BCUT2D eigenvalue weighted by atomic mass is 16.7. The van der Waals surface area contributed by atoms with Crippen molar-refractivity contribution in [3.8, 4) is 11.5 Å². The first kappa shape index (κ1) is 11.8. The maximum Gasteiger partial charge on any atom is 0.278 e. The molecule has 21 heavy (non-hydrogen) atoms. The molecule has 8 heteroatoms. The Morgan fingerprint density at radius 3 is 2.95 bits per heavy atom. The fourth-order valence-electron chi connectivity index (χ4n) is 2.30. The number of hydrogen-bond donors (Lipinski definition) is 3. The number of nitrogens with two attached hydrogens (primary N) is 1. The van der Waals surface area contributed by atoms with Gasteiger partial charge in [-0.15, -0.1) is 0 Å². The minimum Gasteiger partial charge on any atom is -0.454 e. The Kier molecular flexibility index (Phi) is 2.37. The molecule has 4 N–H and O–H groups in total. The van der Waals surface area contributed by atoms with Crippen LogP contribution >= 0.6 is 0 Å². The van der Waals surface area contributed by atoms with E-state index in [2.05, 4.69) is 19.9 Å². The second-order valence-electron chi connectivity index (χ2n) is 4.70. The Morgan fingerprint density at radius 1 is 1.19 bits per heavy atom. The van der Waals surface area contributed by atoms with E-state index >= 15 is 0 Å². The molecule has 1 aliphatic rings. The van der Waals surface area contributed by atoms with Crippen LogP contribution in [0.5, 0.6) is 11.5 Å². The maximum atomic E-state index is 11.7. The van der Waals surface area contributed by atoms with Gasteiger partial charge in [0.1, 0.15) is 5.82 Å². The molecule has 0 amide bonds. The van der Waals surface area contributed by atoms with Crippen LogP contribution in [-0.2, 0) is 6.42 Å². The van der Waals surface area contributed by atoms with Gasteiger partial charge < -0.3 is 20.2 Å². The van der Waals surface area contributed by atoms with Crippen molar-refractivity contribution in [2.24, 2.45) is 0 Å². The van der Waals surface area contributed by atoms with Crippen LogP contribution in [0.15, 0.2) is 23.0 Å². The molecule has 0 radical (unpaired) electrons. The number of benzene rings is 1. The van der Waals surface area contributed by atoms with Gasteiger partial charge in [-0.1, -0.05) is 6.07 Å². The summed E-state index contributed by atoms with van der Waals surface area (Å²) < 4.78 is 10.6. The molecule has 2 aromatic heterocycles. The molecule has 0 aliphatic carbocycles. The van der Waals surface area contributed by atoms with E-state index in [9.17, 15) is 4.79 Å². The van der Waals surface area contributed by atoms with Crippen LogP contribution in [0.25, 0.3) is 11.2 Å². The number of imidazole rings is 1. The normalized spacial score (nSPS) is 13.0. The van der Waals surface area contributed by atoms with E-state index in [1.54, 1.807) is 0 Å². The van der Waals surface area contributed by atoms with E-state index in [4.69, 9.17) is 15.2 Å². The molecule has 1 aromatic carbocycles. The van der Waals surface area contributed by atoms with E-state index in [1.807, 2.05) is 18.2 Å². The summed E-state index contributed by atoms with van der Waals surface area (Å²) in [6.45, 7) is 0.238. The lowest BCUT2D eigenvalue weighted by Gasteiger charge is -2.00. The number of aromatic amines is 2. The van der Waals surface area contributed by atoms with Crippen molar-refractivity contribution in [2.75, 3.05) is 12.5 Å². The van der Waals surface area contributed by atoms with Gasteiger partial charge in [0.05, 0.1) is 0 Å². The highest BCUT2D eigenvalue weighted by molar-refractivity contribution is 5.70. The third-order valence-electron chi connectivity index (χ3n) is 3.24. The van der Waals surface area contributed by atoms with Crippen molar-refractivity contribution in [3.63, 3.8) is 0 Å². The molecular formula is C13H11N5O3. The molecule has 106 valence electrons. The summed E-state index contributed by atoms with van der Waals surface area (Å²) in [5.74, 6) is 2.12. The molecule has 0 unspecified atom stereocenters. The Hall–Kier alpha value is -3.03. The van der Waals surface area contributed by atoms with Crippen molar-refractivity contribution in [1.29, 1.82) is 0 Å². The molecule has 1 aliphatic heterocycles. The third-order valence-corrected chi connectivity index (χ3v) is 3.24. The van der Waals surface area contributed by atoms with Gasteiger partial charge >= 0.3 is 0 Å². The van der Waals surface area contributed by atoms with Gasteiger partial charge in [-0.25, -0.2) is 4.98 Å². The van der Waals surface area contributed by atoms with Gasteiger partial charge in [0, 0.05) is 6.42 Å². The fraction of sp³-hybridized carbons (Fsp3) is 0.154. The lowest BCUT2D eigenvalue weighted by Crippen LogP contribution is -2.10. The number of nitrogen functional groups attached to an aromatic ring is 1. The molecular weight excluding hydrogens is 274 g/mol.